The van der Waals surface area contributed by atoms with Crippen molar-refractivity contribution in [2.75, 3.05) is 19.8 Å². The molecule has 0 N–H and O–H groups in total. The molecule has 1 atom stereocenters. The molecule has 1 aliphatic heterocycles. The van der Waals surface area contributed by atoms with Crippen molar-refractivity contribution in [1.82, 2.24) is 4.57 Å². The lowest BCUT2D eigenvalue weighted by Crippen LogP contribution is -2.40. The summed E-state index contributed by atoms with van der Waals surface area (Å²) in [4.78, 5) is 32.0. The standard InChI is InChI=1S/C28H30N2O5S/c1-5-16-35-20-14-12-19(13-15-20)17-23-26(31)30-25(21-10-8-9-11-22(21)33-6-2)24(27(32)34-7-3)18(4)29-28(30)36-23/h8-15,17,25H,5-7,16H2,1-4H3/b23-17-/t25-/m0/s1. The summed E-state index contributed by atoms with van der Waals surface area (Å²) in [6.07, 6.45) is 2.77. The van der Waals surface area contributed by atoms with E-state index in [0.717, 1.165) is 17.7 Å². The maximum atomic E-state index is 13.8. The number of hydrogen-bond donors (Lipinski definition) is 0. The van der Waals surface area contributed by atoms with Crippen LogP contribution < -0.4 is 24.4 Å². The van der Waals surface area contributed by atoms with Crippen molar-refractivity contribution in [3.63, 3.8) is 0 Å². The van der Waals surface area contributed by atoms with Gasteiger partial charge in [-0.05, 0) is 57.0 Å². The predicted molar refractivity (Wildman–Crippen MR) is 140 cm³/mol. The molecule has 0 aliphatic carbocycles. The Morgan fingerprint density at radius 3 is 2.50 bits per heavy atom. The van der Waals surface area contributed by atoms with Gasteiger partial charge in [-0.25, -0.2) is 9.79 Å². The van der Waals surface area contributed by atoms with Gasteiger partial charge in [-0.2, -0.15) is 0 Å². The molecule has 1 aliphatic rings. The maximum absolute atomic E-state index is 13.8. The number of benzene rings is 2. The first kappa shape index (κ1) is 25.4. The Kier molecular flexibility index (Phi) is 8.05. The van der Waals surface area contributed by atoms with Crippen molar-refractivity contribution >= 4 is 23.4 Å². The number of para-hydroxylation sites is 1. The van der Waals surface area contributed by atoms with Crippen LogP contribution in [0.2, 0.25) is 0 Å². The highest BCUT2D eigenvalue weighted by Gasteiger charge is 2.35. The van der Waals surface area contributed by atoms with E-state index in [-0.39, 0.29) is 12.2 Å². The zero-order valence-electron chi connectivity index (χ0n) is 20.9. The lowest BCUT2D eigenvalue weighted by atomic mass is 9.95. The Hall–Kier alpha value is -3.65. The Morgan fingerprint density at radius 2 is 1.81 bits per heavy atom. The van der Waals surface area contributed by atoms with Gasteiger partial charge >= 0.3 is 5.97 Å². The highest BCUT2D eigenvalue weighted by molar-refractivity contribution is 7.07. The molecule has 0 fully saturated rings. The van der Waals surface area contributed by atoms with Gasteiger partial charge in [-0.3, -0.25) is 9.36 Å². The van der Waals surface area contributed by atoms with Crippen LogP contribution in [0.4, 0.5) is 0 Å². The molecule has 0 bridgehead atoms. The molecule has 0 saturated carbocycles. The number of carbonyl (C=O) groups is 1. The topological polar surface area (TPSA) is 79.1 Å². The third-order valence-electron chi connectivity index (χ3n) is 5.68. The van der Waals surface area contributed by atoms with Crippen LogP contribution in [0.1, 0.15) is 51.3 Å². The fourth-order valence-electron chi connectivity index (χ4n) is 4.11. The molecule has 0 spiro atoms. The number of fused-ring (bicyclic) bond motifs is 1. The number of hydrogen-bond acceptors (Lipinski definition) is 7. The van der Waals surface area contributed by atoms with Gasteiger partial charge in [0.1, 0.15) is 17.5 Å². The number of thiazole rings is 1. The molecule has 1 aromatic heterocycles. The molecule has 2 heterocycles. The fourth-order valence-corrected chi connectivity index (χ4v) is 5.16. The Labute approximate surface area is 214 Å². The first-order valence-corrected chi connectivity index (χ1v) is 12.9. The van der Waals surface area contributed by atoms with E-state index in [1.54, 1.807) is 18.4 Å². The van der Waals surface area contributed by atoms with Crippen LogP contribution in [0.15, 0.2) is 69.6 Å². The summed E-state index contributed by atoms with van der Waals surface area (Å²) in [5.74, 6) is 0.906. The third-order valence-corrected chi connectivity index (χ3v) is 6.66. The van der Waals surface area contributed by atoms with Gasteiger partial charge in [-0.15, -0.1) is 0 Å². The minimum atomic E-state index is -0.713. The molecular formula is C28H30N2O5S. The molecule has 4 rings (SSSR count). The number of nitrogens with zero attached hydrogens (tertiary/aromatic N) is 2. The Morgan fingerprint density at radius 1 is 1.06 bits per heavy atom. The fraction of sp³-hybridized carbons (Fsp3) is 0.321. The molecule has 188 valence electrons. The highest BCUT2D eigenvalue weighted by atomic mass is 32.1. The number of rotatable bonds is 9. The molecule has 36 heavy (non-hydrogen) atoms. The van der Waals surface area contributed by atoms with Crippen molar-refractivity contribution in [1.29, 1.82) is 0 Å². The highest BCUT2D eigenvalue weighted by Crippen LogP contribution is 2.35. The van der Waals surface area contributed by atoms with Gasteiger partial charge in [0.15, 0.2) is 4.80 Å². The molecule has 2 aromatic carbocycles. The van der Waals surface area contributed by atoms with E-state index in [1.807, 2.05) is 61.5 Å². The molecule has 8 heteroatoms. The van der Waals surface area contributed by atoms with Gasteiger partial charge in [0.05, 0.1) is 35.6 Å². The van der Waals surface area contributed by atoms with Crippen LogP contribution in [0.5, 0.6) is 11.5 Å². The van der Waals surface area contributed by atoms with E-state index in [0.29, 0.717) is 45.1 Å². The van der Waals surface area contributed by atoms with E-state index in [2.05, 4.69) is 11.9 Å². The van der Waals surface area contributed by atoms with E-state index in [1.165, 1.54) is 11.3 Å². The maximum Gasteiger partial charge on any atom is 0.338 e. The zero-order valence-corrected chi connectivity index (χ0v) is 21.8. The molecule has 3 aromatic rings. The smallest absolute Gasteiger partial charge is 0.338 e. The molecular weight excluding hydrogens is 476 g/mol. The van der Waals surface area contributed by atoms with Crippen molar-refractivity contribution in [3.8, 4) is 11.5 Å². The molecule has 0 saturated heterocycles. The minimum absolute atomic E-state index is 0.220. The second kappa shape index (κ2) is 11.4. The van der Waals surface area contributed by atoms with Gasteiger partial charge in [0.2, 0.25) is 0 Å². The minimum Gasteiger partial charge on any atom is -0.494 e. The Bertz CT molecular complexity index is 1450. The predicted octanol–water partition coefficient (Wildman–Crippen LogP) is 3.99. The number of ether oxygens (including phenoxy) is 3. The van der Waals surface area contributed by atoms with Crippen molar-refractivity contribution in [2.24, 2.45) is 4.99 Å². The van der Waals surface area contributed by atoms with Crippen LogP contribution in [-0.4, -0.2) is 30.4 Å². The van der Waals surface area contributed by atoms with Crippen molar-refractivity contribution in [2.45, 2.75) is 40.2 Å². The van der Waals surface area contributed by atoms with Crippen LogP contribution in [-0.2, 0) is 9.53 Å². The average molecular weight is 507 g/mol. The number of carbonyl (C=O) groups excluding carboxylic acids is 1. The molecule has 0 radical (unpaired) electrons. The van der Waals surface area contributed by atoms with Crippen LogP contribution in [0, 0.1) is 0 Å². The van der Waals surface area contributed by atoms with E-state index >= 15 is 0 Å². The summed E-state index contributed by atoms with van der Waals surface area (Å²) < 4.78 is 19.0. The molecule has 0 unspecified atom stereocenters. The van der Waals surface area contributed by atoms with Gasteiger partial charge in [0.25, 0.3) is 5.56 Å². The SMILES string of the molecule is CCCOc1ccc(/C=c2\sc3n(c2=O)[C@@H](c2ccccc2OCC)C(C(=O)OCC)=C(C)N=3)cc1. The average Bonchev–Trinajstić information content (AvgIpc) is 3.17. The number of esters is 1. The quantitative estimate of drug-likeness (QED) is 0.410. The van der Waals surface area contributed by atoms with Crippen LogP contribution in [0.3, 0.4) is 0 Å². The summed E-state index contributed by atoms with van der Waals surface area (Å²) in [5.41, 5.74) is 2.21. The van der Waals surface area contributed by atoms with Crippen LogP contribution in [0.25, 0.3) is 6.08 Å². The molecule has 7 nitrogen and oxygen atoms in total. The van der Waals surface area contributed by atoms with E-state index in [9.17, 15) is 9.59 Å². The lowest BCUT2D eigenvalue weighted by molar-refractivity contribution is -0.139. The van der Waals surface area contributed by atoms with Gasteiger partial charge in [-0.1, -0.05) is 48.6 Å². The molecule has 0 amide bonds. The first-order chi connectivity index (χ1) is 17.5. The van der Waals surface area contributed by atoms with Gasteiger partial charge in [0, 0.05) is 5.56 Å². The number of aromatic nitrogens is 1. The third kappa shape index (κ3) is 5.14. The largest absolute Gasteiger partial charge is 0.494 e. The van der Waals surface area contributed by atoms with Crippen molar-refractivity contribution < 1.29 is 19.0 Å². The summed E-state index contributed by atoms with van der Waals surface area (Å²) in [6, 6.07) is 14.4. The zero-order chi connectivity index (χ0) is 25.7. The van der Waals surface area contributed by atoms with E-state index in [4.69, 9.17) is 14.2 Å². The second-order valence-electron chi connectivity index (χ2n) is 8.19. The van der Waals surface area contributed by atoms with E-state index < -0.39 is 12.0 Å². The number of allylic oxidation sites excluding steroid dienone is 1. The normalized spacial score (nSPS) is 15.3. The van der Waals surface area contributed by atoms with Gasteiger partial charge < -0.3 is 14.2 Å². The second-order valence-corrected chi connectivity index (χ2v) is 9.20. The summed E-state index contributed by atoms with van der Waals surface area (Å²) in [5, 5.41) is 0. The first-order valence-electron chi connectivity index (χ1n) is 12.1. The lowest BCUT2D eigenvalue weighted by Gasteiger charge is -2.26. The monoisotopic (exact) mass is 506 g/mol. The van der Waals surface area contributed by atoms with Crippen LogP contribution >= 0.6 is 11.3 Å². The summed E-state index contributed by atoms with van der Waals surface area (Å²) in [6.45, 7) is 8.81. The van der Waals surface area contributed by atoms with Crippen molar-refractivity contribution in [3.05, 3.63) is 90.6 Å². The summed E-state index contributed by atoms with van der Waals surface area (Å²) in [7, 11) is 0. The summed E-state index contributed by atoms with van der Waals surface area (Å²) >= 11 is 1.29. The Balaban J connectivity index is 1.87.